The molecule has 0 heterocycles. The smallest absolute Gasteiger partial charge is 0.872 e. The zero-order chi connectivity index (χ0) is 24.8. The number of likely N-dealkylation sites (N-methyl/N-ethyl adjacent to an activating group) is 1. The first kappa shape index (κ1) is 35.7. The largest absolute Gasteiger partial charge is 1.00 e. The standard InChI is InChI=1S/C22H24N2O9.2Na.2H2O/c1-21(32)7-5-4-6-8(25)9(7)15(26)10-12(21)17(28)13-14(24(2)3)16(27)11(20(23)31)19(30)22(13,33)18(10)29;;;;/h4-6,12-14,17,25-26,28,30,32-33H,1-3H3,(H2,23,31);;;2*1H2/q;2*+1;;/p-2. The molecule has 10 N–H and O–H groups in total. The SMILES string of the molecule is CN(C)C1C(=O)C(C(N)=O)=C(O)C2(O)C(=O)C3=C([O-])c4c([O-])cccc4C(C)(O)C3C(O)C12.O.O.[Na+].[Na+]. The number of primary amides is 1. The molecular weight excluding hydrogens is 514 g/mol. The van der Waals surface area contributed by atoms with Crippen molar-refractivity contribution in [2.24, 2.45) is 17.6 Å². The maximum atomic E-state index is 13.6. The van der Waals surface area contributed by atoms with Crippen LogP contribution < -0.4 is 75.1 Å². The number of amides is 1. The van der Waals surface area contributed by atoms with E-state index in [-0.39, 0.29) is 75.6 Å². The number of nitrogens with zero attached hydrogens (tertiary/aromatic N) is 1. The van der Waals surface area contributed by atoms with Gasteiger partial charge in [-0.2, -0.15) is 0 Å². The van der Waals surface area contributed by atoms with Gasteiger partial charge in [-0.1, -0.05) is 24.0 Å². The van der Waals surface area contributed by atoms with Gasteiger partial charge in [-0.3, -0.25) is 19.3 Å². The van der Waals surface area contributed by atoms with Crippen molar-refractivity contribution < 1.29 is 115 Å². The van der Waals surface area contributed by atoms with Crippen LogP contribution in [0.1, 0.15) is 18.1 Å². The third-order valence-corrected chi connectivity index (χ3v) is 7.00. The molecule has 15 heteroatoms. The van der Waals surface area contributed by atoms with Crippen molar-refractivity contribution >= 4 is 23.2 Å². The molecule has 0 saturated heterocycles. The number of aliphatic hydroxyl groups excluding tert-OH is 2. The molecule has 0 aliphatic heterocycles. The van der Waals surface area contributed by atoms with Crippen LogP contribution in [0.15, 0.2) is 35.1 Å². The Morgan fingerprint density at radius 3 is 2.14 bits per heavy atom. The Bertz CT molecular complexity index is 1200. The molecule has 4 rings (SSSR count). The van der Waals surface area contributed by atoms with E-state index in [1.807, 2.05) is 0 Å². The molecule has 0 spiro atoms. The van der Waals surface area contributed by atoms with Crippen molar-refractivity contribution in [3.8, 4) is 5.75 Å². The Balaban J connectivity index is 0.00000324. The van der Waals surface area contributed by atoms with Crippen LogP contribution in [0, 0.1) is 11.8 Å². The molecule has 1 aromatic rings. The fourth-order valence-corrected chi connectivity index (χ4v) is 5.56. The average molecular weight is 540 g/mol. The quantitative estimate of drug-likeness (QED) is 0.174. The van der Waals surface area contributed by atoms with Crippen LogP contribution >= 0.6 is 0 Å². The third kappa shape index (κ3) is 4.50. The molecule has 13 nitrogen and oxygen atoms in total. The van der Waals surface area contributed by atoms with Gasteiger partial charge in [0.25, 0.3) is 5.91 Å². The molecule has 37 heavy (non-hydrogen) atoms. The summed E-state index contributed by atoms with van der Waals surface area (Å²) in [6.45, 7) is 1.20. The number of carbonyl (C=O) groups is 3. The molecule has 0 bridgehead atoms. The summed E-state index contributed by atoms with van der Waals surface area (Å²) >= 11 is 0. The van der Waals surface area contributed by atoms with Gasteiger partial charge in [0.15, 0.2) is 17.2 Å². The van der Waals surface area contributed by atoms with Crippen molar-refractivity contribution in [3.63, 3.8) is 0 Å². The second kappa shape index (κ2) is 11.4. The summed E-state index contributed by atoms with van der Waals surface area (Å²) in [7, 11) is 2.76. The van der Waals surface area contributed by atoms with E-state index in [4.69, 9.17) is 5.73 Å². The molecule has 192 valence electrons. The van der Waals surface area contributed by atoms with E-state index in [1.54, 1.807) is 0 Å². The number of carbonyl (C=O) groups excluding carboxylic acids is 3. The summed E-state index contributed by atoms with van der Waals surface area (Å²) in [6.07, 6.45) is -1.93. The molecule has 6 unspecified atom stereocenters. The van der Waals surface area contributed by atoms with Gasteiger partial charge in [-0.25, -0.2) is 0 Å². The molecule has 1 amide bonds. The predicted molar refractivity (Wildman–Crippen MR) is 114 cm³/mol. The Kier molecular flexibility index (Phi) is 11.0. The van der Waals surface area contributed by atoms with E-state index in [0.717, 1.165) is 6.07 Å². The normalized spacial score (nSPS) is 32.1. The predicted octanol–water partition coefficient (Wildman–Crippen LogP) is -10.9. The van der Waals surface area contributed by atoms with E-state index in [2.05, 4.69) is 0 Å². The molecule has 1 fully saturated rings. The molecule has 0 radical (unpaired) electrons. The van der Waals surface area contributed by atoms with Crippen LogP contribution in [0.5, 0.6) is 5.75 Å². The minimum absolute atomic E-state index is 0. The van der Waals surface area contributed by atoms with Gasteiger partial charge in [0, 0.05) is 11.5 Å². The zero-order valence-corrected chi connectivity index (χ0v) is 24.9. The monoisotopic (exact) mass is 540 g/mol. The molecule has 0 aromatic heterocycles. The number of hydrogen-bond acceptors (Lipinski definition) is 10. The van der Waals surface area contributed by atoms with Crippen LogP contribution in [0.3, 0.4) is 0 Å². The van der Waals surface area contributed by atoms with Crippen molar-refractivity contribution in [1.29, 1.82) is 0 Å². The topological polar surface area (TPSA) is 271 Å². The summed E-state index contributed by atoms with van der Waals surface area (Å²) in [5.41, 5.74) is -2.47. The number of aliphatic hydroxyl groups is 4. The maximum Gasteiger partial charge on any atom is 1.00 e. The number of rotatable bonds is 2. The van der Waals surface area contributed by atoms with Crippen LogP contribution in [0.2, 0.25) is 0 Å². The Morgan fingerprint density at radius 1 is 1.11 bits per heavy atom. The molecule has 1 saturated carbocycles. The Morgan fingerprint density at radius 2 is 1.65 bits per heavy atom. The third-order valence-electron chi connectivity index (χ3n) is 7.00. The van der Waals surface area contributed by atoms with E-state index in [9.17, 15) is 45.0 Å². The number of Topliss-reactive ketones (excluding diaryl/α,β-unsaturated/α-hetero) is 2. The summed E-state index contributed by atoms with van der Waals surface area (Å²) in [5, 5.41) is 70.6. The Labute approximate surface area is 255 Å². The second-order valence-electron chi connectivity index (χ2n) is 9.02. The number of fused-ring (bicyclic) bond motifs is 3. The van der Waals surface area contributed by atoms with Crippen LogP contribution in [0.4, 0.5) is 0 Å². The van der Waals surface area contributed by atoms with E-state index < -0.39 is 86.6 Å². The summed E-state index contributed by atoms with van der Waals surface area (Å²) in [5.74, 6) is -10.6. The second-order valence-corrected chi connectivity index (χ2v) is 9.02. The van der Waals surface area contributed by atoms with Gasteiger partial charge in [0.1, 0.15) is 11.3 Å². The summed E-state index contributed by atoms with van der Waals surface area (Å²) in [6, 6.07) is 2.15. The summed E-state index contributed by atoms with van der Waals surface area (Å²) in [4.78, 5) is 39.8. The molecule has 3 aliphatic carbocycles. The number of benzene rings is 1. The van der Waals surface area contributed by atoms with Gasteiger partial charge in [0.05, 0.1) is 23.7 Å². The van der Waals surface area contributed by atoms with Gasteiger partial charge in [0.2, 0.25) is 0 Å². The van der Waals surface area contributed by atoms with Gasteiger partial charge >= 0.3 is 59.1 Å². The van der Waals surface area contributed by atoms with E-state index in [1.165, 1.54) is 38.1 Å². The number of ketones is 2. The molecule has 6 atom stereocenters. The molecular formula is C22H26N2Na2O11. The average Bonchev–Trinajstić information content (AvgIpc) is 2.70. The molecule has 3 aliphatic rings. The molecule has 1 aromatic carbocycles. The van der Waals surface area contributed by atoms with E-state index in [0.29, 0.717) is 0 Å². The van der Waals surface area contributed by atoms with Gasteiger partial charge < -0.3 is 47.3 Å². The first-order chi connectivity index (χ1) is 15.2. The maximum absolute atomic E-state index is 13.6. The first-order valence-corrected chi connectivity index (χ1v) is 10.0. The van der Waals surface area contributed by atoms with Crippen LogP contribution in [0.25, 0.3) is 5.76 Å². The fourth-order valence-electron chi connectivity index (χ4n) is 5.56. The van der Waals surface area contributed by atoms with E-state index >= 15 is 0 Å². The van der Waals surface area contributed by atoms with Crippen LogP contribution in [-0.4, -0.2) is 85.6 Å². The minimum atomic E-state index is -3.08. The first-order valence-electron chi connectivity index (χ1n) is 10.0. The van der Waals surface area contributed by atoms with Crippen molar-refractivity contribution in [2.75, 3.05) is 14.1 Å². The summed E-state index contributed by atoms with van der Waals surface area (Å²) < 4.78 is 0. The number of nitrogens with two attached hydrogens (primary N) is 1. The number of hydrogen-bond donors (Lipinski definition) is 5. The fraction of sp³-hybridized carbons (Fsp3) is 0.409. The van der Waals surface area contributed by atoms with Gasteiger partial charge in [-0.05, 0) is 32.1 Å². The Hall–Kier alpha value is -1.33. The van der Waals surface area contributed by atoms with Gasteiger partial charge in [-0.15, -0.1) is 5.75 Å². The van der Waals surface area contributed by atoms with Crippen molar-refractivity contribution in [2.45, 2.75) is 30.3 Å². The van der Waals surface area contributed by atoms with Crippen molar-refractivity contribution in [3.05, 3.63) is 46.2 Å². The van der Waals surface area contributed by atoms with Crippen LogP contribution in [-0.2, 0) is 20.0 Å². The van der Waals surface area contributed by atoms with Crippen molar-refractivity contribution in [1.82, 2.24) is 4.90 Å². The minimum Gasteiger partial charge on any atom is -0.872 e. The zero-order valence-electron chi connectivity index (χ0n) is 20.9.